The minimum absolute atomic E-state index is 0. The Balaban J connectivity index is 0.00000288. The summed E-state index contributed by atoms with van der Waals surface area (Å²) in [7, 11) is 5.26. The Morgan fingerprint density at radius 3 is 2.58 bits per heavy atom. The normalized spacial score (nSPS) is 10.8. The van der Waals surface area contributed by atoms with Crippen molar-refractivity contribution in [3.8, 4) is 5.88 Å². The van der Waals surface area contributed by atoms with Crippen LogP contribution >= 0.6 is 24.0 Å². The number of pyridine rings is 1. The van der Waals surface area contributed by atoms with Gasteiger partial charge in [-0.15, -0.1) is 24.0 Å². The van der Waals surface area contributed by atoms with Crippen molar-refractivity contribution in [1.29, 1.82) is 0 Å². The lowest BCUT2D eigenvalue weighted by Gasteiger charge is -2.22. The SMILES string of the molecule is CN=C(NCc1ccnc(OC)c1)N(C)Cc1ccc(F)cc1.I. The van der Waals surface area contributed by atoms with Crippen LogP contribution < -0.4 is 10.1 Å². The van der Waals surface area contributed by atoms with E-state index in [0.717, 1.165) is 17.1 Å². The van der Waals surface area contributed by atoms with Crippen molar-refractivity contribution in [3.63, 3.8) is 0 Å². The second-order valence-electron chi connectivity index (χ2n) is 5.09. The van der Waals surface area contributed by atoms with Crippen LogP contribution in [0.1, 0.15) is 11.1 Å². The largest absolute Gasteiger partial charge is 0.481 e. The van der Waals surface area contributed by atoms with Crippen LogP contribution in [0.2, 0.25) is 0 Å². The topological polar surface area (TPSA) is 49.8 Å². The molecule has 0 aliphatic rings. The summed E-state index contributed by atoms with van der Waals surface area (Å²) in [5.41, 5.74) is 2.07. The van der Waals surface area contributed by atoms with Crippen molar-refractivity contribution in [3.05, 3.63) is 59.5 Å². The van der Waals surface area contributed by atoms with E-state index < -0.39 is 0 Å². The van der Waals surface area contributed by atoms with Crippen molar-refractivity contribution in [1.82, 2.24) is 15.2 Å². The molecule has 0 amide bonds. The molecular weight excluding hydrogens is 422 g/mol. The molecule has 130 valence electrons. The first-order valence-corrected chi connectivity index (χ1v) is 7.27. The molecule has 0 bridgehead atoms. The zero-order chi connectivity index (χ0) is 16.7. The van der Waals surface area contributed by atoms with Gasteiger partial charge in [-0.25, -0.2) is 9.37 Å². The molecule has 5 nitrogen and oxygen atoms in total. The summed E-state index contributed by atoms with van der Waals surface area (Å²) in [6, 6.07) is 10.3. The van der Waals surface area contributed by atoms with Gasteiger partial charge < -0.3 is 15.0 Å². The molecule has 2 aromatic rings. The van der Waals surface area contributed by atoms with E-state index in [1.807, 2.05) is 24.1 Å². The molecule has 0 fully saturated rings. The first-order chi connectivity index (χ1) is 11.1. The van der Waals surface area contributed by atoms with Gasteiger partial charge in [0.05, 0.1) is 7.11 Å². The Labute approximate surface area is 159 Å². The van der Waals surface area contributed by atoms with Gasteiger partial charge in [-0.2, -0.15) is 0 Å². The van der Waals surface area contributed by atoms with Gasteiger partial charge in [0.2, 0.25) is 5.88 Å². The maximum absolute atomic E-state index is 13.0. The average Bonchev–Trinajstić information content (AvgIpc) is 2.57. The number of aliphatic imine (C=N–C) groups is 1. The monoisotopic (exact) mass is 444 g/mol. The van der Waals surface area contributed by atoms with Crippen LogP contribution in [-0.4, -0.2) is 37.0 Å². The minimum atomic E-state index is -0.231. The second-order valence-corrected chi connectivity index (χ2v) is 5.09. The van der Waals surface area contributed by atoms with E-state index in [-0.39, 0.29) is 29.8 Å². The molecule has 0 aliphatic heterocycles. The summed E-state index contributed by atoms with van der Waals surface area (Å²) >= 11 is 0. The number of methoxy groups -OCH3 is 1. The van der Waals surface area contributed by atoms with E-state index in [2.05, 4.69) is 15.3 Å². The number of hydrogen-bond acceptors (Lipinski definition) is 3. The van der Waals surface area contributed by atoms with Gasteiger partial charge in [0.1, 0.15) is 5.82 Å². The highest BCUT2D eigenvalue weighted by Gasteiger charge is 2.07. The van der Waals surface area contributed by atoms with E-state index in [4.69, 9.17) is 4.74 Å². The number of rotatable bonds is 5. The first kappa shape index (κ1) is 20.1. The summed E-state index contributed by atoms with van der Waals surface area (Å²) in [5.74, 6) is 1.11. The van der Waals surface area contributed by atoms with Crippen molar-refractivity contribution in [2.75, 3.05) is 21.2 Å². The smallest absolute Gasteiger partial charge is 0.213 e. The van der Waals surface area contributed by atoms with Crippen LogP contribution in [0, 0.1) is 5.82 Å². The zero-order valence-corrected chi connectivity index (χ0v) is 16.3. The van der Waals surface area contributed by atoms with Gasteiger partial charge in [-0.3, -0.25) is 4.99 Å². The van der Waals surface area contributed by atoms with Crippen molar-refractivity contribution in [2.45, 2.75) is 13.1 Å². The van der Waals surface area contributed by atoms with Crippen molar-refractivity contribution in [2.24, 2.45) is 4.99 Å². The van der Waals surface area contributed by atoms with E-state index in [1.165, 1.54) is 12.1 Å². The molecule has 0 atom stereocenters. The standard InChI is InChI=1S/C17H21FN4O.HI/c1-19-17(21-11-14-8-9-20-16(10-14)23-3)22(2)12-13-4-6-15(18)7-5-13;/h4-10H,11-12H2,1-3H3,(H,19,21);1H. The third-order valence-electron chi connectivity index (χ3n) is 3.37. The summed E-state index contributed by atoms with van der Waals surface area (Å²) in [6.45, 7) is 1.25. The molecule has 7 heteroatoms. The molecule has 0 aliphatic carbocycles. The van der Waals surface area contributed by atoms with Gasteiger partial charge >= 0.3 is 0 Å². The molecular formula is C17H22FIN4O. The van der Waals surface area contributed by atoms with E-state index in [1.54, 1.807) is 32.5 Å². The molecule has 1 N–H and O–H groups in total. The summed E-state index contributed by atoms with van der Waals surface area (Å²) in [4.78, 5) is 10.3. The lowest BCUT2D eigenvalue weighted by atomic mass is 10.2. The molecule has 2 rings (SSSR count). The number of nitrogens with one attached hydrogen (secondary N) is 1. The number of guanidine groups is 1. The van der Waals surface area contributed by atoms with Gasteiger partial charge in [0.15, 0.2) is 5.96 Å². The van der Waals surface area contributed by atoms with E-state index in [0.29, 0.717) is 19.0 Å². The average molecular weight is 444 g/mol. The third kappa shape index (κ3) is 5.95. The maximum atomic E-state index is 13.0. The number of halogens is 2. The number of benzene rings is 1. The summed E-state index contributed by atoms with van der Waals surface area (Å²) in [5, 5.41) is 3.29. The molecule has 0 spiro atoms. The van der Waals surface area contributed by atoms with Crippen LogP contribution in [0.3, 0.4) is 0 Å². The fraction of sp³-hybridized carbons (Fsp3) is 0.294. The predicted molar refractivity (Wildman–Crippen MR) is 104 cm³/mol. The van der Waals surface area contributed by atoms with Crippen LogP contribution in [0.15, 0.2) is 47.6 Å². The molecule has 1 aromatic heterocycles. The molecule has 24 heavy (non-hydrogen) atoms. The predicted octanol–water partition coefficient (Wildman–Crippen LogP) is 3.05. The van der Waals surface area contributed by atoms with Crippen molar-refractivity contribution >= 4 is 29.9 Å². The lowest BCUT2D eigenvalue weighted by Crippen LogP contribution is -2.38. The van der Waals surface area contributed by atoms with Gasteiger partial charge in [-0.05, 0) is 29.3 Å². The first-order valence-electron chi connectivity index (χ1n) is 7.27. The molecule has 0 radical (unpaired) electrons. The van der Waals surface area contributed by atoms with E-state index >= 15 is 0 Å². The molecule has 0 unspecified atom stereocenters. The van der Waals surface area contributed by atoms with E-state index in [9.17, 15) is 4.39 Å². The van der Waals surface area contributed by atoms with Gasteiger partial charge in [-0.1, -0.05) is 12.1 Å². The second kappa shape index (κ2) is 10.1. The lowest BCUT2D eigenvalue weighted by molar-refractivity contribution is 0.397. The summed E-state index contributed by atoms with van der Waals surface area (Å²) < 4.78 is 18.1. The van der Waals surface area contributed by atoms with Gasteiger partial charge in [0.25, 0.3) is 0 Å². The number of hydrogen-bond donors (Lipinski definition) is 1. The highest BCUT2D eigenvalue weighted by molar-refractivity contribution is 14.0. The van der Waals surface area contributed by atoms with Crippen LogP contribution in [0.25, 0.3) is 0 Å². The Morgan fingerprint density at radius 2 is 1.96 bits per heavy atom. The van der Waals surface area contributed by atoms with Crippen LogP contribution in [0.5, 0.6) is 5.88 Å². The zero-order valence-electron chi connectivity index (χ0n) is 14.0. The third-order valence-corrected chi connectivity index (χ3v) is 3.37. The Hall–Kier alpha value is -1.90. The van der Waals surface area contributed by atoms with Crippen molar-refractivity contribution < 1.29 is 9.13 Å². The molecule has 1 aromatic carbocycles. The van der Waals surface area contributed by atoms with Crippen LogP contribution in [-0.2, 0) is 13.1 Å². The maximum Gasteiger partial charge on any atom is 0.213 e. The molecule has 0 saturated carbocycles. The quantitative estimate of drug-likeness (QED) is 0.438. The van der Waals surface area contributed by atoms with Gasteiger partial charge in [0, 0.05) is 39.4 Å². The number of aromatic nitrogens is 1. The van der Waals surface area contributed by atoms with Crippen LogP contribution in [0.4, 0.5) is 4.39 Å². The minimum Gasteiger partial charge on any atom is -0.481 e. The number of ether oxygens (including phenoxy) is 1. The Bertz CT molecular complexity index is 664. The number of nitrogens with zero attached hydrogens (tertiary/aromatic N) is 3. The highest BCUT2D eigenvalue weighted by Crippen LogP contribution is 2.09. The molecule has 0 saturated heterocycles. The fourth-order valence-corrected chi connectivity index (χ4v) is 2.18. The highest BCUT2D eigenvalue weighted by atomic mass is 127. The molecule has 1 heterocycles. The fourth-order valence-electron chi connectivity index (χ4n) is 2.18. The Kier molecular flexibility index (Phi) is 8.45. The summed E-state index contributed by atoms with van der Waals surface area (Å²) in [6.07, 6.45) is 1.71. The Morgan fingerprint density at radius 1 is 1.25 bits per heavy atom.